The molecule has 29 atom stereocenters. The van der Waals surface area contributed by atoms with Gasteiger partial charge >= 0.3 is 11.9 Å². The van der Waals surface area contributed by atoms with E-state index in [1.165, 1.54) is 0 Å². The number of hydrogen-bond acceptors (Lipinski definition) is 24. The van der Waals surface area contributed by atoms with Crippen LogP contribution in [0.3, 0.4) is 0 Å². The Morgan fingerprint density at radius 1 is 0.671 bits per heavy atom. The lowest BCUT2D eigenvalue weighted by Gasteiger charge is -2.72. The average Bonchev–Trinajstić information content (AvgIpc) is 0.800. The molecule has 8 fully saturated rings. The summed E-state index contributed by atoms with van der Waals surface area (Å²) in [4.78, 5) is 40.7. The highest BCUT2D eigenvalue weighted by atomic mass is 16.8. The minimum absolute atomic E-state index is 0.0883. The summed E-state index contributed by atoms with van der Waals surface area (Å²) in [5.41, 5.74) is -3.05. The van der Waals surface area contributed by atoms with Crippen LogP contribution < -0.4 is 0 Å². The molecule has 25 heteroatoms. The molecule has 4 aliphatic heterocycles. The first-order valence-electron chi connectivity index (χ1n) is 28.8. The van der Waals surface area contributed by atoms with Gasteiger partial charge in [0.2, 0.25) is 0 Å². The van der Waals surface area contributed by atoms with Gasteiger partial charge in [-0.1, -0.05) is 59.3 Å². The molecule has 466 valence electrons. The first-order valence-corrected chi connectivity index (χ1v) is 28.8. The molecule has 25 nitrogen and oxygen atoms in total. The molecular formula is C57H88O25. The van der Waals surface area contributed by atoms with Crippen LogP contribution in [0.15, 0.2) is 23.3 Å². The predicted molar refractivity (Wildman–Crippen MR) is 278 cm³/mol. The Morgan fingerprint density at radius 3 is 1.94 bits per heavy atom. The van der Waals surface area contributed by atoms with Crippen molar-refractivity contribution in [3.63, 3.8) is 0 Å². The van der Waals surface area contributed by atoms with Crippen LogP contribution in [0.4, 0.5) is 0 Å². The Kier molecular flexibility index (Phi) is 18.2. The molecule has 0 spiro atoms. The van der Waals surface area contributed by atoms with Gasteiger partial charge in [0.25, 0.3) is 0 Å². The highest BCUT2D eigenvalue weighted by Crippen LogP contribution is 2.76. The number of esters is 1. The Morgan fingerprint density at radius 2 is 1.30 bits per heavy atom. The average molecular weight is 1170 g/mol. The number of carbonyl (C=O) groups excluding carboxylic acids is 2. The fourth-order valence-electron chi connectivity index (χ4n) is 16.7. The second kappa shape index (κ2) is 23.4. The van der Waals surface area contributed by atoms with Gasteiger partial charge in [-0.05, 0) is 105 Å². The van der Waals surface area contributed by atoms with Gasteiger partial charge in [0.1, 0.15) is 91.7 Å². The number of aliphatic hydroxyl groups is 12. The van der Waals surface area contributed by atoms with E-state index in [1.54, 1.807) is 26.8 Å². The number of fused-ring (bicyclic) bond motifs is 7. The number of allylic oxidation sites excluding steroid dienone is 3. The standard InChI is InChI=1S/C57H88O25/c1-9-24(2)47(73)77-34-18-52(3,4)16-26-25-10-11-31-53(5)14-13-33(54(6,22-59)30(53)12-15-55(31,7)56(25,8)17-32(63)57(26,34)23-60)78-51-45(82-49-40(69)38(67)37(66)29(19-58)76-49)42(41(70)43(80-51)46(71)72)79-50-44(36(65)28(62)21-75-50)81-48-39(68)35(64)27(61)20-74-48/h9-10,22,26-45,48-51,58,60-70H,11-21,23H2,1-8H3,(H,71,72)/b24-9-/t26-,27+,28-,29+,30+,31-,32+,33-,34-,35-,36-,37-,38-,39+,40+,41-,42-,43-,44+,45+,48-,49-,50-,51+,53-,54-,55+,56+,57-/m0/s1. The third-order valence-corrected chi connectivity index (χ3v) is 21.7. The van der Waals surface area contributed by atoms with E-state index >= 15 is 0 Å². The molecule has 0 aromatic rings. The summed E-state index contributed by atoms with van der Waals surface area (Å²) in [6.07, 6.45) is -28.9. The number of aliphatic hydroxyl groups excluding tert-OH is 12. The van der Waals surface area contributed by atoms with Gasteiger partial charge in [-0.15, -0.1) is 0 Å². The molecule has 82 heavy (non-hydrogen) atoms. The number of rotatable bonds is 14. The van der Waals surface area contributed by atoms with Gasteiger partial charge in [0, 0.05) is 5.57 Å². The lowest BCUT2D eigenvalue weighted by Crippen LogP contribution is -2.70. The zero-order chi connectivity index (χ0) is 60.1. The molecule has 0 aromatic heterocycles. The Hall–Kier alpha value is -2.71. The van der Waals surface area contributed by atoms with Crippen molar-refractivity contribution < 1.29 is 123 Å². The Bertz CT molecular complexity index is 2390. The summed E-state index contributed by atoms with van der Waals surface area (Å²) in [7, 11) is 0. The van der Waals surface area contributed by atoms with Crippen LogP contribution in [-0.2, 0) is 57.0 Å². The van der Waals surface area contributed by atoms with E-state index in [0.717, 1.165) is 11.9 Å². The molecule has 4 saturated carbocycles. The molecule has 0 aromatic carbocycles. The number of hydrogen-bond donors (Lipinski definition) is 13. The third kappa shape index (κ3) is 10.4. The highest BCUT2D eigenvalue weighted by molar-refractivity contribution is 5.87. The number of carbonyl (C=O) groups is 3. The van der Waals surface area contributed by atoms with Crippen LogP contribution in [0, 0.1) is 50.2 Å². The van der Waals surface area contributed by atoms with E-state index in [0.29, 0.717) is 44.1 Å². The van der Waals surface area contributed by atoms with Gasteiger partial charge in [-0.2, -0.15) is 0 Å². The van der Waals surface area contributed by atoms with E-state index in [-0.39, 0.29) is 30.1 Å². The van der Waals surface area contributed by atoms with Crippen molar-refractivity contribution >= 4 is 18.2 Å². The SMILES string of the molecule is C/C=C(/C)C(=O)O[C@H]1CC(C)(C)C[C@H]2C3=CC[C@H]4[C@@]5(C)CC[C@H](O[C@@H]6O[C@H](C(=O)O)[C@@H](O)[C@H](O[C@@H]7OC[C@H](O)[C@H](O)[C@H]7O[C@@H]7OC[C@@H](O)[C@H](O)[C@H]7O)[C@H]6O[C@@H]6O[C@H](CO)[C@H](O)[C@H](O)[C@H]6O)[C@@](C)(C=O)[C@@H]5CC[C@@]4(C)[C@]3(C)C[C@@H](O)[C@@]12CO. The number of carboxylic acids is 1. The summed E-state index contributed by atoms with van der Waals surface area (Å²) in [5.74, 6) is -3.08. The minimum Gasteiger partial charge on any atom is -0.479 e. The number of aliphatic carboxylic acids is 1. The molecular weight excluding hydrogens is 1080 g/mol. The minimum atomic E-state index is -2.26. The molecule has 4 heterocycles. The second-order valence-corrected chi connectivity index (χ2v) is 26.7. The Labute approximate surface area is 476 Å². The lowest BCUT2D eigenvalue weighted by atomic mass is 9.33. The summed E-state index contributed by atoms with van der Waals surface area (Å²) in [5, 5.41) is 143. The monoisotopic (exact) mass is 1170 g/mol. The van der Waals surface area contributed by atoms with Crippen molar-refractivity contribution in [2.45, 2.75) is 236 Å². The topological polar surface area (TPSA) is 397 Å². The molecule has 9 aliphatic rings. The number of carboxylic acid groups (broad SMARTS) is 1. The molecule has 0 bridgehead atoms. The smallest absolute Gasteiger partial charge is 0.335 e. The van der Waals surface area contributed by atoms with E-state index < -0.39 is 200 Å². The van der Waals surface area contributed by atoms with Crippen LogP contribution in [0.1, 0.15) is 107 Å². The van der Waals surface area contributed by atoms with Crippen LogP contribution in [0.25, 0.3) is 0 Å². The molecule has 9 rings (SSSR count). The molecule has 5 aliphatic carbocycles. The predicted octanol–water partition coefficient (Wildman–Crippen LogP) is -1.55. The van der Waals surface area contributed by atoms with E-state index in [1.807, 2.05) is 0 Å². The van der Waals surface area contributed by atoms with E-state index in [4.69, 9.17) is 42.6 Å². The van der Waals surface area contributed by atoms with Crippen molar-refractivity contribution in [2.24, 2.45) is 50.2 Å². The maximum absolute atomic E-state index is 14.1. The maximum atomic E-state index is 14.1. The van der Waals surface area contributed by atoms with E-state index in [9.17, 15) is 80.8 Å². The van der Waals surface area contributed by atoms with Crippen molar-refractivity contribution in [2.75, 3.05) is 26.4 Å². The summed E-state index contributed by atoms with van der Waals surface area (Å²) >= 11 is 0. The van der Waals surface area contributed by atoms with Crippen molar-refractivity contribution in [3.8, 4) is 0 Å². The highest BCUT2D eigenvalue weighted by Gasteiger charge is 2.73. The summed E-state index contributed by atoms with van der Waals surface area (Å²) in [6, 6.07) is 0. The van der Waals surface area contributed by atoms with Gasteiger partial charge in [-0.25, -0.2) is 9.59 Å². The zero-order valence-electron chi connectivity index (χ0n) is 47.8. The Balaban J connectivity index is 1.04. The van der Waals surface area contributed by atoms with Gasteiger partial charge in [0.05, 0.1) is 49.5 Å². The first kappa shape index (κ1) is 63.8. The van der Waals surface area contributed by atoms with Gasteiger partial charge in [-0.3, -0.25) is 0 Å². The van der Waals surface area contributed by atoms with Crippen molar-refractivity contribution in [3.05, 3.63) is 23.3 Å². The molecule has 4 saturated heterocycles. The van der Waals surface area contributed by atoms with Crippen LogP contribution in [0.5, 0.6) is 0 Å². The third-order valence-electron chi connectivity index (χ3n) is 21.7. The summed E-state index contributed by atoms with van der Waals surface area (Å²) < 4.78 is 54.4. The van der Waals surface area contributed by atoms with Crippen LogP contribution in [-0.4, -0.2) is 240 Å². The van der Waals surface area contributed by atoms with Crippen LogP contribution in [0.2, 0.25) is 0 Å². The second-order valence-electron chi connectivity index (χ2n) is 26.7. The van der Waals surface area contributed by atoms with Crippen molar-refractivity contribution in [1.82, 2.24) is 0 Å². The molecule has 0 unspecified atom stereocenters. The normalized spacial score (nSPS) is 52.2. The quantitative estimate of drug-likeness (QED) is 0.0308. The van der Waals surface area contributed by atoms with E-state index in [2.05, 4.69) is 40.7 Å². The largest absolute Gasteiger partial charge is 0.479 e. The maximum Gasteiger partial charge on any atom is 0.335 e. The number of aldehydes is 1. The van der Waals surface area contributed by atoms with Gasteiger partial charge in [0.15, 0.2) is 31.3 Å². The zero-order valence-corrected chi connectivity index (χ0v) is 47.8. The fourth-order valence-corrected chi connectivity index (χ4v) is 16.7. The molecule has 0 radical (unpaired) electrons. The van der Waals surface area contributed by atoms with Gasteiger partial charge < -0.3 is 114 Å². The molecule has 0 amide bonds. The lowest BCUT2D eigenvalue weighted by molar-refractivity contribution is -0.398. The van der Waals surface area contributed by atoms with Crippen molar-refractivity contribution in [1.29, 1.82) is 0 Å². The first-order chi connectivity index (χ1) is 38.4. The fraction of sp³-hybridized carbons (Fsp3) is 0.877. The number of ether oxygens (including phenoxy) is 9. The van der Waals surface area contributed by atoms with Crippen LogP contribution >= 0.6 is 0 Å². The summed E-state index contributed by atoms with van der Waals surface area (Å²) in [6.45, 7) is 13.5. The molecule has 13 N–H and O–H groups in total.